The molecule has 0 bridgehead atoms. The fourth-order valence-electron chi connectivity index (χ4n) is 1.53. The van der Waals surface area contributed by atoms with Crippen LogP contribution in [-0.4, -0.2) is 4.98 Å². The maximum absolute atomic E-state index is 8.92. The van der Waals surface area contributed by atoms with Crippen molar-refractivity contribution >= 4 is 11.6 Å². The van der Waals surface area contributed by atoms with E-state index in [4.69, 9.17) is 21.6 Å². The van der Waals surface area contributed by atoms with Crippen LogP contribution in [0.5, 0.6) is 5.75 Å². The fraction of sp³-hybridized carbons (Fsp3) is 0.143. The van der Waals surface area contributed by atoms with E-state index < -0.39 is 0 Å². The lowest BCUT2D eigenvalue weighted by Crippen LogP contribution is -2.00. The molecule has 1 heterocycles. The number of halogens is 1. The first-order chi connectivity index (χ1) is 8.70. The summed E-state index contributed by atoms with van der Waals surface area (Å²) in [6, 6.07) is 11.2. The molecule has 0 amide bonds. The fourth-order valence-corrected chi connectivity index (χ4v) is 1.70. The van der Waals surface area contributed by atoms with Gasteiger partial charge >= 0.3 is 0 Å². The number of hydrogen-bond donors (Lipinski definition) is 0. The van der Waals surface area contributed by atoms with Crippen LogP contribution in [0.15, 0.2) is 36.5 Å². The zero-order chi connectivity index (χ0) is 13.0. The van der Waals surface area contributed by atoms with Gasteiger partial charge in [0.15, 0.2) is 0 Å². The molecule has 0 fully saturated rings. The second-order valence-corrected chi connectivity index (χ2v) is 4.25. The van der Waals surface area contributed by atoms with Crippen LogP contribution < -0.4 is 4.74 Å². The highest BCUT2D eigenvalue weighted by Crippen LogP contribution is 2.26. The number of pyridine rings is 1. The first kappa shape index (κ1) is 12.4. The highest BCUT2D eigenvalue weighted by Gasteiger charge is 2.06. The van der Waals surface area contributed by atoms with Crippen LogP contribution in [0.25, 0.3) is 0 Å². The summed E-state index contributed by atoms with van der Waals surface area (Å²) in [5.41, 5.74) is 2.19. The van der Waals surface area contributed by atoms with E-state index in [1.54, 1.807) is 18.3 Å². The molecule has 18 heavy (non-hydrogen) atoms. The average molecular weight is 259 g/mol. The third-order valence-corrected chi connectivity index (χ3v) is 2.78. The molecule has 0 N–H and O–H groups in total. The van der Waals surface area contributed by atoms with Crippen molar-refractivity contribution < 1.29 is 4.74 Å². The molecule has 0 atom stereocenters. The second kappa shape index (κ2) is 5.52. The van der Waals surface area contributed by atoms with Crippen LogP contribution >= 0.6 is 11.6 Å². The number of nitriles is 1. The summed E-state index contributed by atoms with van der Waals surface area (Å²) in [5, 5.41) is 9.48. The van der Waals surface area contributed by atoms with Gasteiger partial charge < -0.3 is 4.74 Å². The topological polar surface area (TPSA) is 45.9 Å². The molecular formula is C14H11ClN2O. The Balaban J connectivity index is 2.17. The Morgan fingerprint density at radius 1 is 1.39 bits per heavy atom. The van der Waals surface area contributed by atoms with Gasteiger partial charge in [0, 0.05) is 11.8 Å². The summed E-state index contributed by atoms with van der Waals surface area (Å²) in [5.74, 6) is 0.615. The van der Waals surface area contributed by atoms with Crippen LogP contribution in [0.1, 0.15) is 16.8 Å². The van der Waals surface area contributed by atoms with E-state index in [-0.39, 0.29) is 6.61 Å². The normalized spacial score (nSPS) is 9.83. The van der Waals surface area contributed by atoms with Crippen molar-refractivity contribution in [3.05, 3.63) is 58.4 Å². The number of hydrogen-bond acceptors (Lipinski definition) is 3. The Morgan fingerprint density at radius 3 is 3.00 bits per heavy atom. The molecule has 0 aliphatic heterocycles. The molecule has 0 unspecified atom stereocenters. The summed E-state index contributed by atoms with van der Waals surface area (Å²) in [7, 11) is 0. The maximum Gasteiger partial charge on any atom is 0.147 e. The third kappa shape index (κ3) is 2.79. The number of rotatable bonds is 3. The zero-order valence-electron chi connectivity index (χ0n) is 9.85. The standard InChI is InChI=1S/C14H11ClN2O/c1-10-4-5-12(15)14(7-10)18-9-11-3-2-6-17-13(11)8-16/h2-7H,9H2,1H3. The van der Waals surface area contributed by atoms with Crippen molar-refractivity contribution in [2.75, 3.05) is 0 Å². The van der Waals surface area contributed by atoms with Gasteiger partial charge in [-0.1, -0.05) is 23.7 Å². The average Bonchev–Trinajstić information content (AvgIpc) is 2.40. The summed E-state index contributed by atoms with van der Waals surface area (Å²) in [6.45, 7) is 2.24. The Morgan fingerprint density at radius 2 is 2.22 bits per heavy atom. The Bertz CT molecular complexity index is 605. The molecule has 2 aromatic rings. The van der Waals surface area contributed by atoms with Gasteiger partial charge in [-0.25, -0.2) is 4.98 Å². The molecular weight excluding hydrogens is 248 g/mol. The Kier molecular flexibility index (Phi) is 3.81. The van der Waals surface area contributed by atoms with E-state index >= 15 is 0 Å². The molecule has 0 saturated heterocycles. The SMILES string of the molecule is Cc1ccc(Cl)c(OCc2cccnc2C#N)c1. The minimum atomic E-state index is 0.278. The lowest BCUT2D eigenvalue weighted by Gasteiger charge is -2.09. The van der Waals surface area contributed by atoms with E-state index in [9.17, 15) is 0 Å². The number of benzene rings is 1. The predicted octanol–water partition coefficient (Wildman–Crippen LogP) is 3.49. The summed E-state index contributed by atoms with van der Waals surface area (Å²) >= 11 is 6.03. The highest BCUT2D eigenvalue weighted by atomic mass is 35.5. The first-order valence-electron chi connectivity index (χ1n) is 5.43. The van der Waals surface area contributed by atoms with E-state index in [1.807, 2.05) is 31.2 Å². The first-order valence-corrected chi connectivity index (χ1v) is 5.81. The quantitative estimate of drug-likeness (QED) is 0.847. The number of nitrogens with zero attached hydrogens (tertiary/aromatic N) is 2. The predicted molar refractivity (Wildman–Crippen MR) is 69.5 cm³/mol. The lowest BCUT2D eigenvalue weighted by molar-refractivity contribution is 0.305. The maximum atomic E-state index is 8.92. The van der Waals surface area contributed by atoms with Gasteiger partial charge in [0.25, 0.3) is 0 Å². The molecule has 2 rings (SSSR count). The Labute approximate surface area is 111 Å². The molecule has 0 radical (unpaired) electrons. The molecule has 1 aromatic carbocycles. The van der Waals surface area contributed by atoms with Crippen LogP contribution in [0.2, 0.25) is 5.02 Å². The number of ether oxygens (including phenoxy) is 1. The Hall–Kier alpha value is -2.05. The zero-order valence-corrected chi connectivity index (χ0v) is 10.6. The smallest absolute Gasteiger partial charge is 0.147 e. The van der Waals surface area contributed by atoms with Crippen LogP contribution in [0.3, 0.4) is 0 Å². The van der Waals surface area contributed by atoms with E-state index in [2.05, 4.69) is 4.98 Å². The van der Waals surface area contributed by atoms with Gasteiger partial charge in [-0.05, 0) is 30.7 Å². The van der Waals surface area contributed by atoms with E-state index in [1.165, 1.54) is 0 Å². The van der Waals surface area contributed by atoms with Crippen molar-refractivity contribution in [2.45, 2.75) is 13.5 Å². The van der Waals surface area contributed by atoms with Crippen molar-refractivity contribution in [2.24, 2.45) is 0 Å². The van der Waals surface area contributed by atoms with E-state index in [0.717, 1.165) is 11.1 Å². The van der Waals surface area contributed by atoms with Gasteiger partial charge in [-0.2, -0.15) is 5.26 Å². The van der Waals surface area contributed by atoms with Gasteiger partial charge in [0.05, 0.1) is 5.02 Å². The molecule has 3 nitrogen and oxygen atoms in total. The molecule has 0 aliphatic rings. The lowest BCUT2D eigenvalue weighted by atomic mass is 10.2. The molecule has 0 saturated carbocycles. The van der Waals surface area contributed by atoms with Gasteiger partial charge in [-0.15, -0.1) is 0 Å². The minimum Gasteiger partial charge on any atom is -0.487 e. The summed E-state index contributed by atoms with van der Waals surface area (Å²) < 4.78 is 5.62. The molecule has 1 aromatic heterocycles. The largest absolute Gasteiger partial charge is 0.487 e. The van der Waals surface area contributed by atoms with Gasteiger partial charge in [-0.3, -0.25) is 0 Å². The van der Waals surface area contributed by atoms with Crippen LogP contribution in [-0.2, 0) is 6.61 Å². The van der Waals surface area contributed by atoms with Crippen molar-refractivity contribution in [1.82, 2.24) is 4.98 Å². The number of aromatic nitrogens is 1. The molecule has 90 valence electrons. The summed E-state index contributed by atoms with van der Waals surface area (Å²) in [6.07, 6.45) is 1.59. The van der Waals surface area contributed by atoms with Crippen LogP contribution in [0, 0.1) is 18.3 Å². The van der Waals surface area contributed by atoms with E-state index in [0.29, 0.717) is 16.5 Å². The van der Waals surface area contributed by atoms with Crippen LogP contribution in [0.4, 0.5) is 0 Å². The van der Waals surface area contributed by atoms with Crippen molar-refractivity contribution in [3.63, 3.8) is 0 Å². The molecule has 0 aliphatic carbocycles. The molecule has 0 spiro atoms. The monoisotopic (exact) mass is 258 g/mol. The van der Waals surface area contributed by atoms with Crippen molar-refractivity contribution in [1.29, 1.82) is 5.26 Å². The summed E-state index contributed by atoms with van der Waals surface area (Å²) in [4.78, 5) is 3.98. The van der Waals surface area contributed by atoms with Gasteiger partial charge in [0.2, 0.25) is 0 Å². The third-order valence-electron chi connectivity index (χ3n) is 2.47. The molecule has 4 heteroatoms. The highest BCUT2D eigenvalue weighted by molar-refractivity contribution is 6.32. The number of aryl methyl sites for hydroxylation is 1. The minimum absolute atomic E-state index is 0.278. The second-order valence-electron chi connectivity index (χ2n) is 3.85. The van der Waals surface area contributed by atoms with Gasteiger partial charge in [0.1, 0.15) is 24.1 Å². The van der Waals surface area contributed by atoms with Crippen molar-refractivity contribution in [3.8, 4) is 11.8 Å².